The van der Waals surface area contributed by atoms with E-state index in [0.717, 1.165) is 47.1 Å². The zero-order valence-corrected chi connectivity index (χ0v) is 17.8. The Morgan fingerprint density at radius 2 is 2.04 bits per heavy atom. The first-order chi connectivity index (χ1) is 13.7. The number of aromatic nitrogens is 2. The highest BCUT2D eigenvalue weighted by Crippen LogP contribution is 2.35. The van der Waals surface area contributed by atoms with Crippen molar-refractivity contribution in [2.45, 2.75) is 69.6 Å². The molecule has 2 aromatic rings. The SMILES string of the molecule is O=C(CCSCc1nc2sc3c(c2c(=O)[nH]1)CCCC3)N(CC1CC1)C1CC1. The highest BCUT2D eigenvalue weighted by Gasteiger charge is 2.36. The molecule has 0 aromatic carbocycles. The molecule has 0 unspecified atom stereocenters. The standard InChI is InChI=1S/C21H27N3O2S2/c25-18(24(14-7-8-14)11-13-5-6-13)9-10-27-12-17-22-20(26)19-15-3-1-2-4-16(15)28-21(19)23-17/h13-14H,1-12H2,(H,22,23,26). The second-order valence-electron chi connectivity index (χ2n) is 8.43. The molecule has 150 valence electrons. The van der Waals surface area contributed by atoms with Crippen LogP contribution in [0.2, 0.25) is 0 Å². The summed E-state index contributed by atoms with van der Waals surface area (Å²) in [7, 11) is 0. The van der Waals surface area contributed by atoms with Gasteiger partial charge < -0.3 is 9.88 Å². The number of nitrogens with zero attached hydrogens (tertiary/aromatic N) is 2. The molecular weight excluding hydrogens is 390 g/mol. The van der Waals surface area contributed by atoms with Gasteiger partial charge in [0, 0.05) is 29.6 Å². The molecule has 2 aromatic heterocycles. The van der Waals surface area contributed by atoms with Crippen molar-refractivity contribution in [2.75, 3.05) is 12.3 Å². The number of aromatic amines is 1. The molecule has 0 atom stereocenters. The molecule has 5 rings (SSSR count). The zero-order chi connectivity index (χ0) is 19.1. The molecule has 0 saturated heterocycles. The van der Waals surface area contributed by atoms with Gasteiger partial charge in [-0.1, -0.05) is 0 Å². The third kappa shape index (κ3) is 4.01. The number of fused-ring (bicyclic) bond motifs is 3. The molecular formula is C21H27N3O2S2. The van der Waals surface area contributed by atoms with E-state index in [4.69, 9.17) is 4.98 Å². The van der Waals surface area contributed by atoms with Crippen molar-refractivity contribution in [1.29, 1.82) is 0 Å². The second kappa shape index (κ2) is 7.82. The molecule has 1 amide bonds. The van der Waals surface area contributed by atoms with E-state index in [9.17, 15) is 9.59 Å². The number of hydrogen-bond donors (Lipinski definition) is 1. The third-order valence-corrected chi connectivity index (χ3v) is 8.19. The molecule has 3 aliphatic rings. The summed E-state index contributed by atoms with van der Waals surface area (Å²) in [5.41, 5.74) is 1.25. The maximum absolute atomic E-state index is 12.6. The topological polar surface area (TPSA) is 66.1 Å². The first-order valence-corrected chi connectivity index (χ1v) is 12.6. The number of thiophene rings is 1. The fourth-order valence-corrected chi connectivity index (χ4v) is 6.24. The number of carbonyl (C=O) groups is 1. The summed E-state index contributed by atoms with van der Waals surface area (Å²) in [5.74, 6) is 3.26. The Kier molecular flexibility index (Phi) is 5.22. The fourth-order valence-electron chi connectivity index (χ4n) is 4.17. The number of hydrogen-bond acceptors (Lipinski definition) is 5. The smallest absolute Gasteiger partial charge is 0.259 e. The Hall–Kier alpha value is -1.34. The Labute approximate surface area is 173 Å². The van der Waals surface area contributed by atoms with Crippen LogP contribution in [0.3, 0.4) is 0 Å². The molecule has 0 radical (unpaired) electrons. The lowest BCUT2D eigenvalue weighted by Gasteiger charge is -2.22. The molecule has 5 nitrogen and oxygen atoms in total. The van der Waals surface area contributed by atoms with Gasteiger partial charge in [0.1, 0.15) is 10.7 Å². The van der Waals surface area contributed by atoms with Gasteiger partial charge in [-0.3, -0.25) is 9.59 Å². The molecule has 2 heterocycles. The van der Waals surface area contributed by atoms with E-state index in [1.807, 2.05) is 0 Å². The van der Waals surface area contributed by atoms with Crippen LogP contribution in [0, 0.1) is 5.92 Å². The zero-order valence-electron chi connectivity index (χ0n) is 16.2. The van der Waals surface area contributed by atoms with Crippen molar-refractivity contribution in [1.82, 2.24) is 14.9 Å². The van der Waals surface area contributed by atoms with Crippen LogP contribution in [0.15, 0.2) is 4.79 Å². The first kappa shape index (κ1) is 18.7. The molecule has 1 N–H and O–H groups in total. The van der Waals surface area contributed by atoms with Gasteiger partial charge in [0.2, 0.25) is 5.91 Å². The summed E-state index contributed by atoms with van der Waals surface area (Å²) >= 11 is 3.39. The molecule has 2 saturated carbocycles. The summed E-state index contributed by atoms with van der Waals surface area (Å²) in [6.45, 7) is 0.975. The average Bonchev–Trinajstić information content (AvgIpc) is 3.60. The maximum Gasteiger partial charge on any atom is 0.259 e. The summed E-state index contributed by atoms with van der Waals surface area (Å²) in [6.07, 6.45) is 10.0. The number of aryl methyl sites for hydroxylation is 2. The van der Waals surface area contributed by atoms with Crippen molar-refractivity contribution in [2.24, 2.45) is 5.92 Å². The molecule has 3 aliphatic carbocycles. The van der Waals surface area contributed by atoms with Gasteiger partial charge in [-0.25, -0.2) is 4.98 Å². The van der Waals surface area contributed by atoms with E-state index >= 15 is 0 Å². The Bertz CT molecular complexity index is 943. The van der Waals surface area contributed by atoms with Gasteiger partial charge in [0.05, 0.1) is 11.1 Å². The second-order valence-corrected chi connectivity index (χ2v) is 10.6. The highest BCUT2D eigenvalue weighted by atomic mass is 32.2. The van der Waals surface area contributed by atoms with Crippen molar-refractivity contribution in [3.8, 4) is 0 Å². The lowest BCUT2D eigenvalue weighted by molar-refractivity contribution is -0.131. The molecule has 0 aliphatic heterocycles. The molecule has 2 fully saturated rings. The molecule has 0 bridgehead atoms. The van der Waals surface area contributed by atoms with Crippen LogP contribution in [0.25, 0.3) is 10.2 Å². The van der Waals surface area contributed by atoms with Gasteiger partial charge in [-0.15, -0.1) is 11.3 Å². The third-order valence-electron chi connectivity index (χ3n) is 6.03. The predicted octanol–water partition coefficient (Wildman–Crippen LogP) is 3.89. The molecule has 28 heavy (non-hydrogen) atoms. The van der Waals surface area contributed by atoms with Crippen molar-refractivity contribution < 1.29 is 4.79 Å². The fraction of sp³-hybridized carbons (Fsp3) is 0.667. The minimum Gasteiger partial charge on any atom is -0.339 e. The summed E-state index contributed by atoms with van der Waals surface area (Å²) < 4.78 is 0. The average molecular weight is 418 g/mol. The normalized spacial score (nSPS) is 19.0. The number of H-pyrrole nitrogens is 1. The van der Waals surface area contributed by atoms with Crippen LogP contribution >= 0.6 is 23.1 Å². The van der Waals surface area contributed by atoms with Crippen molar-refractivity contribution in [3.63, 3.8) is 0 Å². The number of nitrogens with one attached hydrogen (secondary N) is 1. The number of amides is 1. The van der Waals surface area contributed by atoms with Crippen LogP contribution in [-0.4, -0.2) is 39.1 Å². The van der Waals surface area contributed by atoms with Gasteiger partial charge in [-0.05, 0) is 62.8 Å². The predicted molar refractivity (Wildman–Crippen MR) is 115 cm³/mol. The van der Waals surface area contributed by atoms with E-state index in [-0.39, 0.29) is 5.56 Å². The number of carbonyl (C=O) groups excluding carboxylic acids is 1. The van der Waals surface area contributed by atoms with Crippen LogP contribution in [0.4, 0.5) is 0 Å². The molecule has 0 spiro atoms. The Balaban J connectivity index is 1.18. The molecule has 7 heteroatoms. The van der Waals surface area contributed by atoms with E-state index < -0.39 is 0 Å². The lowest BCUT2D eigenvalue weighted by Crippen LogP contribution is -2.35. The van der Waals surface area contributed by atoms with Crippen LogP contribution < -0.4 is 5.56 Å². The van der Waals surface area contributed by atoms with E-state index in [1.165, 1.54) is 49.0 Å². The monoisotopic (exact) mass is 417 g/mol. The minimum absolute atomic E-state index is 0.0143. The van der Waals surface area contributed by atoms with E-state index in [0.29, 0.717) is 24.1 Å². The summed E-state index contributed by atoms with van der Waals surface area (Å²) in [5, 5.41) is 0.823. The first-order valence-electron chi connectivity index (χ1n) is 10.6. The summed E-state index contributed by atoms with van der Waals surface area (Å²) in [4.78, 5) is 37.3. The van der Waals surface area contributed by atoms with Gasteiger partial charge in [0.25, 0.3) is 5.56 Å². The summed E-state index contributed by atoms with van der Waals surface area (Å²) in [6, 6.07) is 0.517. The Morgan fingerprint density at radius 1 is 1.21 bits per heavy atom. The van der Waals surface area contributed by atoms with E-state index in [2.05, 4.69) is 9.88 Å². The van der Waals surface area contributed by atoms with Crippen LogP contribution in [-0.2, 0) is 23.4 Å². The van der Waals surface area contributed by atoms with Gasteiger partial charge in [0.15, 0.2) is 0 Å². The minimum atomic E-state index is 0.0143. The van der Waals surface area contributed by atoms with Crippen molar-refractivity contribution in [3.05, 3.63) is 26.6 Å². The quantitative estimate of drug-likeness (QED) is 0.662. The van der Waals surface area contributed by atoms with Crippen molar-refractivity contribution >= 4 is 39.2 Å². The van der Waals surface area contributed by atoms with Gasteiger partial charge in [-0.2, -0.15) is 11.8 Å². The number of thioether (sulfide) groups is 1. The highest BCUT2D eigenvalue weighted by molar-refractivity contribution is 7.98. The maximum atomic E-state index is 12.6. The van der Waals surface area contributed by atoms with Crippen LogP contribution in [0.5, 0.6) is 0 Å². The Morgan fingerprint density at radius 3 is 2.82 bits per heavy atom. The lowest BCUT2D eigenvalue weighted by atomic mass is 9.97. The van der Waals surface area contributed by atoms with Gasteiger partial charge >= 0.3 is 0 Å². The van der Waals surface area contributed by atoms with Crippen LogP contribution in [0.1, 0.15) is 61.2 Å². The number of rotatable bonds is 8. The van der Waals surface area contributed by atoms with E-state index in [1.54, 1.807) is 23.1 Å². The largest absolute Gasteiger partial charge is 0.339 e.